The maximum Gasteiger partial charge on any atom is 0.240 e. The first-order chi connectivity index (χ1) is 16.4. The number of hydrogen-bond donors (Lipinski definition) is 1. The van der Waals surface area contributed by atoms with Gasteiger partial charge in [-0.05, 0) is 23.3 Å². The molecule has 180 valence electrons. The quantitative estimate of drug-likeness (QED) is 0.489. The Morgan fingerprint density at radius 3 is 1.82 bits per heavy atom. The largest absolute Gasteiger partial charge is 0.292 e. The molecule has 0 saturated carbocycles. The van der Waals surface area contributed by atoms with E-state index in [-0.39, 0.29) is 23.2 Å². The molecule has 4 rings (SSSR count). The highest BCUT2D eigenvalue weighted by molar-refractivity contribution is 7.89. The van der Waals surface area contributed by atoms with Crippen LogP contribution in [-0.2, 0) is 25.8 Å². The van der Waals surface area contributed by atoms with Crippen molar-refractivity contribution in [3.8, 4) is 0 Å². The third-order valence-corrected chi connectivity index (χ3v) is 9.29. The molecule has 0 unspecified atom stereocenters. The number of hydrogen-bond acceptors (Lipinski definition) is 5. The zero-order valence-corrected chi connectivity index (χ0v) is 20.5. The highest BCUT2D eigenvalue weighted by Gasteiger charge is 2.31. The maximum absolute atomic E-state index is 12.9. The van der Waals surface area contributed by atoms with Crippen LogP contribution in [0.1, 0.15) is 17.2 Å². The molecule has 1 fully saturated rings. The van der Waals surface area contributed by atoms with Crippen molar-refractivity contribution >= 4 is 20.0 Å². The molecule has 7 nitrogen and oxygen atoms in total. The van der Waals surface area contributed by atoms with E-state index in [9.17, 15) is 16.8 Å². The monoisotopic (exact) mass is 499 g/mol. The van der Waals surface area contributed by atoms with Crippen LogP contribution < -0.4 is 4.72 Å². The topological polar surface area (TPSA) is 86.8 Å². The average Bonchev–Trinajstić information content (AvgIpc) is 2.86. The minimum atomic E-state index is -3.65. The van der Waals surface area contributed by atoms with Crippen molar-refractivity contribution in [3.05, 3.63) is 102 Å². The minimum absolute atomic E-state index is 0.0210. The Labute approximate surface area is 202 Å². The van der Waals surface area contributed by atoms with Gasteiger partial charge in [0.25, 0.3) is 0 Å². The summed E-state index contributed by atoms with van der Waals surface area (Å²) in [7, 11) is -7.08. The van der Waals surface area contributed by atoms with Crippen molar-refractivity contribution in [3.63, 3.8) is 0 Å². The molecule has 3 aromatic rings. The smallest absolute Gasteiger partial charge is 0.240 e. The molecule has 1 aliphatic heterocycles. The van der Waals surface area contributed by atoms with Crippen LogP contribution in [-0.4, -0.2) is 58.8 Å². The Morgan fingerprint density at radius 2 is 1.24 bits per heavy atom. The molecule has 0 radical (unpaired) electrons. The summed E-state index contributed by atoms with van der Waals surface area (Å²) in [5.41, 5.74) is 1.75. The summed E-state index contributed by atoms with van der Waals surface area (Å²) < 4.78 is 55.7. The van der Waals surface area contributed by atoms with E-state index in [1.54, 1.807) is 30.3 Å². The highest BCUT2D eigenvalue weighted by atomic mass is 32.2. The van der Waals surface area contributed by atoms with Gasteiger partial charge in [0.15, 0.2) is 0 Å². The summed E-state index contributed by atoms with van der Waals surface area (Å²) in [5.74, 6) is -0.0210. The summed E-state index contributed by atoms with van der Waals surface area (Å²) in [6.07, 6.45) is 0. The fourth-order valence-electron chi connectivity index (χ4n) is 4.17. The first kappa shape index (κ1) is 24.6. The second-order valence-corrected chi connectivity index (χ2v) is 12.0. The minimum Gasteiger partial charge on any atom is -0.292 e. The lowest BCUT2D eigenvalue weighted by Crippen LogP contribution is -2.51. The Hall–Kier alpha value is -2.56. The van der Waals surface area contributed by atoms with E-state index < -0.39 is 20.0 Å². The normalized spacial score (nSPS) is 16.8. The van der Waals surface area contributed by atoms with Gasteiger partial charge >= 0.3 is 0 Å². The van der Waals surface area contributed by atoms with Crippen molar-refractivity contribution < 1.29 is 16.8 Å². The Kier molecular flexibility index (Phi) is 7.80. The third kappa shape index (κ3) is 6.11. The lowest BCUT2D eigenvalue weighted by Gasteiger charge is -2.39. The molecule has 1 aliphatic rings. The summed E-state index contributed by atoms with van der Waals surface area (Å²) in [6.45, 7) is 1.95. The van der Waals surface area contributed by atoms with Crippen molar-refractivity contribution in [2.45, 2.75) is 16.7 Å². The van der Waals surface area contributed by atoms with Crippen molar-refractivity contribution in [1.29, 1.82) is 0 Å². The fourth-order valence-corrected chi connectivity index (χ4v) is 6.75. The highest BCUT2D eigenvalue weighted by Crippen LogP contribution is 2.24. The predicted octanol–water partition coefficient (Wildman–Crippen LogP) is 2.85. The van der Waals surface area contributed by atoms with Crippen LogP contribution in [0.3, 0.4) is 0 Å². The van der Waals surface area contributed by atoms with Crippen LogP contribution in [0.5, 0.6) is 0 Å². The molecule has 1 saturated heterocycles. The molecule has 1 N–H and O–H groups in total. The molecular weight excluding hydrogens is 470 g/mol. The molecule has 0 spiro atoms. The molecule has 1 heterocycles. The van der Waals surface area contributed by atoms with E-state index in [2.05, 4.69) is 9.62 Å². The SMILES string of the molecule is O=S(=O)(NC[C@@H](c1ccccc1)N1CCN(S(=O)(=O)Cc2ccccc2)CC1)c1ccccc1. The van der Waals surface area contributed by atoms with Crippen molar-refractivity contribution in [1.82, 2.24) is 13.9 Å². The summed E-state index contributed by atoms with van der Waals surface area (Å²) >= 11 is 0. The molecule has 0 aromatic heterocycles. The van der Waals surface area contributed by atoms with Gasteiger partial charge in [0, 0.05) is 38.8 Å². The molecule has 0 amide bonds. The second-order valence-electron chi connectivity index (χ2n) is 8.27. The summed E-state index contributed by atoms with van der Waals surface area (Å²) in [6, 6.07) is 27.0. The number of nitrogens with zero attached hydrogens (tertiary/aromatic N) is 2. The maximum atomic E-state index is 12.9. The number of rotatable bonds is 9. The molecule has 0 bridgehead atoms. The van der Waals surface area contributed by atoms with E-state index in [0.29, 0.717) is 26.2 Å². The Bertz CT molecular complexity index is 1260. The van der Waals surface area contributed by atoms with Gasteiger partial charge < -0.3 is 0 Å². The molecule has 34 heavy (non-hydrogen) atoms. The third-order valence-electron chi connectivity index (χ3n) is 6.00. The number of sulfonamides is 2. The van der Waals surface area contributed by atoms with Crippen LogP contribution in [0.4, 0.5) is 0 Å². The van der Waals surface area contributed by atoms with Crippen LogP contribution >= 0.6 is 0 Å². The molecule has 9 heteroatoms. The Morgan fingerprint density at radius 1 is 0.706 bits per heavy atom. The van der Waals surface area contributed by atoms with Crippen molar-refractivity contribution in [2.75, 3.05) is 32.7 Å². The van der Waals surface area contributed by atoms with Crippen LogP contribution in [0.25, 0.3) is 0 Å². The first-order valence-corrected chi connectivity index (χ1v) is 14.3. The second kappa shape index (κ2) is 10.8. The number of nitrogens with one attached hydrogen (secondary N) is 1. The van der Waals surface area contributed by atoms with E-state index >= 15 is 0 Å². The van der Waals surface area contributed by atoms with Crippen LogP contribution in [0.2, 0.25) is 0 Å². The standard InChI is InChI=1S/C25H29N3O4S2/c29-33(30,21-22-10-4-1-5-11-22)28-18-16-27(17-19-28)25(23-12-6-2-7-13-23)20-26-34(31,32)24-14-8-3-9-15-24/h1-15,25-26H,16-21H2/t25-/m0/s1. The van der Waals surface area contributed by atoms with E-state index in [4.69, 9.17) is 0 Å². The Balaban J connectivity index is 1.45. The predicted molar refractivity (Wildman–Crippen MR) is 133 cm³/mol. The zero-order valence-electron chi connectivity index (χ0n) is 18.8. The lowest BCUT2D eigenvalue weighted by atomic mass is 10.0. The van der Waals surface area contributed by atoms with Gasteiger partial charge in [-0.2, -0.15) is 4.31 Å². The van der Waals surface area contributed by atoms with Gasteiger partial charge in [0.05, 0.1) is 10.6 Å². The van der Waals surface area contributed by atoms with E-state index in [1.165, 1.54) is 4.31 Å². The fraction of sp³-hybridized carbons (Fsp3) is 0.280. The van der Waals surface area contributed by atoms with Gasteiger partial charge in [0.2, 0.25) is 20.0 Å². The summed E-state index contributed by atoms with van der Waals surface area (Å²) in [5, 5.41) is 0. The molecule has 1 atom stereocenters. The zero-order chi connectivity index (χ0) is 24.0. The molecular formula is C25H29N3O4S2. The van der Waals surface area contributed by atoms with Crippen LogP contribution in [0, 0.1) is 0 Å². The average molecular weight is 500 g/mol. The molecule has 3 aromatic carbocycles. The van der Waals surface area contributed by atoms with Gasteiger partial charge in [-0.25, -0.2) is 21.6 Å². The molecule has 0 aliphatic carbocycles. The number of piperazine rings is 1. The van der Waals surface area contributed by atoms with Gasteiger partial charge in [-0.15, -0.1) is 0 Å². The van der Waals surface area contributed by atoms with Gasteiger partial charge in [-0.3, -0.25) is 4.90 Å². The van der Waals surface area contributed by atoms with Crippen LogP contribution in [0.15, 0.2) is 95.9 Å². The number of benzene rings is 3. The van der Waals surface area contributed by atoms with E-state index in [1.807, 2.05) is 60.7 Å². The summed E-state index contributed by atoms with van der Waals surface area (Å²) in [4.78, 5) is 2.37. The lowest BCUT2D eigenvalue weighted by molar-refractivity contribution is 0.138. The van der Waals surface area contributed by atoms with Gasteiger partial charge in [-0.1, -0.05) is 78.9 Å². The van der Waals surface area contributed by atoms with E-state index in [0.717, 1.165) is 11.1 Å². The van der Waals surface area contributed by atoms with Gasteiger partial charge in [0.1, 0.15) is 0 Å². The first-order valence-electron chi connectivity index (χ1n) is 11.2. The van der Waals surface area contributed by atoms with Crippen molar-refractivity contribution in [2.24, 2.45) is 0 Å².